The molecular weight excluding hydrogens is 302 g/mol. The smallest absolute Gasteiger partial charge is 0.338 e. The molecule has 0 aliphatic rings. The number of nitrogens with zero attached hydrogens (tertiary/aromatic N) is 1. The van der Waals surface area contributed by atoms with Gasteiger partial charge in [0.15, 0.2) is 0 Å². The number of hydrogen-bond acceptors (Lipinski definition) is 5. The van der Waals surface area contributed by atoms with Crippen LogP contribution in [-0.2, 0) is 13.8 Å². The van der Waals surface area contributed by atoms with E-state index >= 15 is 0 Å². The van der Waals surface area contributed by atoms with Crippen molar-refractivity contribution >= 4 is 31.4 Å². The van der Waals surface area contributed by atoms with E-state index in [4.69, 9.17) is 15.4 Å². The third kappa shape index (κ3) is 4.38. The Bertz CT molecular complexity index is 584. The number of halogens is 1. The van der Waals surface area contributed by atoms with Gasteiger partial charge in [-0.2, -0.15) is 0 Å². The maximum atomic E-state index is 11.8. The van der Waals surface area contributed by atoms with E-state index in [0.717, 1.165) is 12.8 Å². The zero-order valence-corrected chi connectivity index (χ0v) is 13.3. The molecule has 7 heteroatoms. The number of esters is 1. The molecule has 0 aliphatic carbocycles. The molecule has 0 saturated carbocycles. The number of hydrogen-bond donors (Lipinski definition) is 0. The molecule has 0 radical (unpaired) electrons. The Kier molecular flexibility index (Phi) is 5.83. The van der Waals surface area contributed by atoms with Gasteiger partial charge in [-0.05, 0) is 24.6 Å². The summed E-state index contributed by atoms with van der Waals surface area (Å²) in [5.41, 5.74) is 0.594. The van der Waals surface area contributed by atoms with Gasteiger partial charge in [0.05, 0.1) is 17.9 Å². The van der Waals surface area contributed by atoms with Crippen molar-refractivity contribution in [2.45, 2.75) is 24.7 Å². The van der Waals surface area contributed by atoms with Crippen molar-refractivity contribution in [2.24, 2.45) is 0 Å². The molecule has 5 nitrogen and oxygen atoms in total. The summed E-state index contributed by atoms with van der Waals surface area (Å²) in [4.78, 5) is 13.3. The predicted octanol–water partition coefficient (Wildman–Crippen LogP) is 2.64. The molecule has 0 spiro atoms. The summed E-state index contributed by atoms with van der Waals surface area (Å²) >= 11 is 0. The monoisotopic (exact) mass is 319 g/mol. The van der Waals surface area contributed by atoms with Gasteiger partial charge in [-0.1, -0.05) is 13.3 Å². The normalized spacial score (nSPS) is 11.2. The van der Waals surface area contributed by atoms with Crippen LogP contribution in [0.1, 0.15) is 30.1 Å². The van der Waals surface area contributed by atoms with Crippen molar-refractivity contribution in [2.75, 3.05) is 25.6 Å². The second kappa shape index (κ2) is 6.95. The van der Waals surface area contributed by atoms with Gasteiger partial charge in [0.25, 0.3) is 9.05 Å². The van der Waals surface area contributed by atoms with Gasteiger partial charge in [-0.15, -0.1) is 0 Å². The quantitative estimate of drug-likeness (QED) is 0.458. The highest BCUT2D eigenvalue weighted by Crippen LogP contribution is 2.28. The fraction of sp³-hybridized carbons (Fsp3) is 0.462. The summed E-state index contributed by atoms with van der Waals surface area (Å²) in [7, 11) is 4.86. The van der Waals surface area contributed by atoms with Crippen molar-refractivity contribution in [3.8, 4) is 0 Å². The fourth-order valence-corrected chi connectivity index (χ4v) is 2.74. The van der Waals surface area contributed by atoms with Crippen molar-refractivity contribution in [1.82, 2.24) is 0 Å². The molecule has 112 valence electrons. The topological polar surface area (TPSA) is 63.7 Å². The zero-order chi connectivity index (χ0) is 15.3. The minimum atomic E-state index is -3.94. The summed E-state index contributed by atoms with van der Waals surface area (Å²) < 4.78 is 28.2. The molecule has 0 saturated heterocycles. The van der Waals surface area contributed by atoms with Crippen LogP contribution in [0.2, 0.25) is 0 Å². The van der Waals surface area contributed by atoms with Crippen LogP contribution in [-0.4, -0.2) is 35.1 Å². The Morgan fingerprint density at radius 2 is 2.00 bits per heavy atom. The first-order valence-corrected chi connectivity index (χ1v) is 8.51. The van der Waals surface area contributed by atoms with E-state index in [-0.39, 0.29) is 10.5 Å². The molecule has 0 amide bonds. The van der Waals surface area contributed by atoms with Crippen molar-refractivity contribution in [1.29, 1.82) is 0 Å². The van der Waals surface area contributed by atoms with Gasteiger partial charge >= 0.3 is 5.97 Å². The minimum absolute atomic E-state index is 0.103. The number of carbonyl (C=O) groups is 1. The predicted molar refractivity (Wildman–Crippen MR) is 79.0 cm³/mol. The number of rotatable bonds is 6. The first-order valence-electron chi connectivity index (χ1n) is 6.20. The Hall–Kier alpha value is -1.27. The fourth-order valence-electron chi connectivity index (χ4n) is 1.60. The zero-order valence-electron chi connectivity index (χ0n) is 11.7. The summed E-state index contributed by atoms with van der Waals surface area (Å²) in [5.74, 6) is -0.551. The van der Waals surface area contributed by atoms with E-state index in [9.17, 15) is 13.2 Å². The van der Waals surface area contributed by atoms with Crippen LogP contribution in [0.4, 0.5) is 5.69 Å². The molecule has 0 aromatic heterocycles. The van der Waals surface area contributed by atoms with Crippen molar-refractivity contribution in [3.63, 3.8) is 0 Å². The van der Waals surface area contributed by atoms with Gasteiger partial charge in [0.2, 0.25) is 0 Å². The van der Waals surface area contributed by atoms with Crippen LogP contribution in [0.3, 0.4) is 0 Å². The molecule has 0 aliphatic heterocycles. The first-order chi connectivity index (χ1) is 9.27. The third-order valence-corrected chi connectivity index (χ3v) is 4.02. The lowest BCUT2D eigenvalue weighted by atomic mass is 10.2. The van der Waals surface area contributed by atoms with Crippen LogP contribution in [0.15, 0.2) is 23.1 Å². The molecule has 0 heterocycles. The molecule has 1 rings (SSSR count). The lowest BCUT2D eigenvalue weighted by Crippen LogP contribution is -2.14. The van der Waals surface area contributed by atoms with E-state index in [2.05, 4.69) is 0 Å². The van der Waals surface area contributed by atoms with Gasteiger partial charge in [0.1, 0.15) is 4.90 Å². The third-order valence-electron chi connectivity index (χ3n) is 2.67. The van der Waals surface area contributed by atoms with Crippen LogP contribution in [0.5, 0.6) is 0 Å². The molecule has 0 N–H and O–H groups in total. The number of ether oxygens (including phenoxy) is 1. The Morgan fingerprint density at radius 3 is 2.50 bits per heavy atom. The molecule has 0 bridgehead atoms. The molecule has 0 fully saturated rings. The number of benzene rings is 1. The van der Waals surface area contributed by atoms with Crippen LogP contribution in [0, 0.1) is 0 Å². The van der Waals surface area contributed by atoms with E-state index < -0.39 is 15.0 Å². The van der Waals surface area contributed by atoms with Crippen molar-refractivity contribution < 1.29 is 17.9 Å². The van der Waals surface area contributed by atoms with Crippen LogP contribution < -0.4 is 4.90 Å². The maximum Gasteiger partial charge on any atom is 0.338 e. The van der Waals surface area contributed by atoms with E-state index in [1.807, 2.05) is 6.92 Å². The highest BCUT2D eigenvalue weighted by Gasteiger charge is 2.20. The molecule has 1 aromatic rings. The van der Waals surface area contributed by atoms with Crippen molar-refractivity contribution in [3.05, 3.63) is 23.8 Å². The van der Waals surface area contributed by atoms with Gasteiger partial charge in [-0.3, -0.25) is 0 Å². The Labute approximate surface area is 123 Å². The molecule has 0 atom stereocenters. The SMILES string of the molecule is CCCCOC(=O)c1ccc(N(C)C)c(S(=O)(=O)Cl)c1. The number of unbranched alkanes of at least 4 members (excludes halogenated alkanes) is 1. The largest absolute Gasteiger partial charge is 0.462 e. The van der Waals surface area contributed by atoms with Gasteiger partial charge in [0, 0.05) is 24.8 Å². The molecule has 1 aromatic carbocycles. The standard InChI is InChI=1S/C13H18ClNO4S/c1-4-5-8-19-13(16)10-6-7-11(15(2)3)12(9-10)20(14,17)18/h6-7,9H,4-5,8H2,1-3H3. The minimum Gasteiger partial charge on any atom is -0.462 e. The summed E-state index contributed by atoms with van der Waals surface area (Å²) in [5, 5.41) is 0. The average Bonchev–Trinajstić information content (AvgIpc) is 2.37. The summed E-state index contributed by atoms with van der Waals surface area (Å²) in [6, 6.07) is 4.30. The Balaban J connectivity index is 3.10. The summed E-state index contributed by atoms with van der Waals surface area (Å²) in [6.07, 6.45) is 1.68. The van der Waals surface area contributed by atoms with E-state index in [1.165, 1.54) is 18.2 Å². The highest BCUT2D eigenvalue weighted by molar-refractivity contribution is 8.13. The van der Waals surface area contributed by atoms with E-state index in [0.29, 0.717) is 12.3 Å². The number of anilines is 1. The lowest BCUT2D eigenvalue weighted by molar-refractivity contribution is 0.0499. The molecular formula is C13H18ClNO4S. The van der Waals surface area contributed by atoms with Crippen LogP contribution in [0.25, 0.3) is 0 Å². The van der Waals surface area contributed by atoms with Gasteiger partial charge < -0.3 is 9.64 Å². The lowest BCUT2D eigenvalue weighted by Gasteiger charge is -2.16. The average molecular weight is 320 g/mol. The molecule has 0 unspecified atom stereocenters. The molecule has 20 heavy (non-hydrogen) atoms. The highest BCUT2D eigenvalue weighted by atomic mass is 35.7. The maximum absolute atomic E-state index is 11.8. The Morgan fingerprint density at radius 1 is 1.35 bits per heavy atom. The van der Waals surface area contributed by atoms with E-state index in [1.54, 1.807) is 19.0 Å². The number of carbonyl (C=O) groups excluding carboxylic acids is 1. The summed E-state index contributed by atoms with van der Waals surface area (Å²) in [6.45, 7) is 2.30. The first kappa shape index (κ1) is 16.8. The van der Waals surface area contributed by atoms with Gasteiger partial charge in [-0.25, -0.2) is 13.2 Å². The second-order valence-electron chi connectivity index (χ2n) is 4.50. The van der Waals surface area contributed by atoms with Crippen LogP contribution >= 0.6 is 10.7 Å². The second-order valence-corrected chi connectivity index (χ2v) is 7.04.